The number of hydrogen-bond acceptors (Lipinski definition) is 4. The van der Waals surface area contributed by atoms with Gasteiger partial charge in [-0.2, -0.15) is 0 Å². The summed E-state index contributed by atoms with van der Waals surface area (Å²) in [5, 5.41) is 9.91. The maximum absolute atomic E-state index is 13.7. The molecule has 2 unspecified atom stereocenters. The summed E-state index contributed by atoms with van der Waals surface area (Å²) in [6.45, 7) is 3.25. The molecule has 0 aliphatic carbocycles. The summed E-state index contributed by atoms with van der Waals surface area (Å²) in [5.74, 6) is -1.13. The zero-order valence-electron chi connectivity index (χ0n) is 11.0. The van der Waals surface area contributed by atoms with Crippen molar-refractivity contribution in [2.24, 2.45) is 11.8 Å². The van der Waals surface area contributed by atoms with Crippen LogP contribution in [0.25, 0.3) is 10.2 Å². The molecule has 20 heavy (non-hydrogen) atoms. The highest BCUT2D eigenvalue weighted by atomic mass is 32.1. The van der Waals surface area contributed by atoms with Crippen LogP contribution in [-0.2, 0) is 4.79 Å². The SMILES string of the molecule is CC1CC(C(=O)O)CN(c2nc3cccc(F)c3s2)C1. The van der Waals surface area contributed by atoms with E-state index < -0.39 is 5.97 Å². The van der Waals surface area contributed by atoms with Gasteiger partial charge in [0.25, 0.3) is 0 Å². The normalized spacial score (nSPS) is 23.2. The highest BCUT2D eigenvalue weighted by molar-refractivity contribution is 7.22. The molecule has 2 heterocycles. The number of hydrogen-bond donors (Lipinski definition) is 1. The van der Waals surface area contributed by atoms with Gasteiger partial charge in [-0.3, -0.25) is 4.79 Å². The monoisotopic (exact) mass is 294 g/mol. The summed E-state index contributed by atoms with van der Waals surface area (Å²) in [6.07, 6.45) is 0.686. The van der Waals surface area contributed by atoms with Crippen LogP contribution in [0, 0.1) is 17.7 Å². The van der Waals surface area contributed by atoms with Crippen molar-refractivity contribution in [3.8, 4) is 0 Å². The van der Waals surface area contributed by atoms with Crippen LogP contribution in [0.4, 0.5) is 9.52 Å². The summed E-state index contributed by atoms with van der Waals surface area (Å²) in [7, 11) is 0. The van der Waals surface area contributed by atoms with E-state index in [1.807, 2.05) is 11.8 Å². The molecule has 4 nitrogen and oxygen atoms in total. The van der Waals surface area contributed by atoms with Crippen LogP contribution in [0.3, 0.4) is 0 Å². The Bertz CT molecular complexity index is 658. The summed E-state index contributed by atoms with van der Waals surface area (Å²) in [5.41, 5.74) is 0.634. The van der Waals surface area contributed by atoms with Crippen LogP contribution in [0.5, 0.6) is 0 Å². The van der Waals surface area contributed by atoms with E-state index in [1.54, 1.807) is 12.1 Å². The van der Waals surface area contributed by atoms with Crippen molar-refractivity contribution in [2.75, 3.05) is 18.0 Å². The second-order valence-electron chi connectivity index (χ2n) is 5.37. The van der Waals surface area contributed by atoms with E-state index in [4.69, 9.17) is 0 Å². The first-order valence-corrected chi connectivity index (χ1v) is 7.39. The first kappa shape index (κ1) is 13.3. The van der Waals surface area contributed by atoms with E-state index in [0.29, 0.717) is 34.2 Å². The summed E-state index contributed by atoms with van der Waals surface area (Å²) >= 11 is 1.29. The Morgan fingerprint density at radius 3 is 3.00 bits per heavy atom. The Morgan fingerprint density at radius 1 is 1.50 bits per heavy atom. The van der Waals surface area contributed by atoms with Gasteiger partial charge in [0.1, 0.15) is 5.82 Å². The number of halogens is 1. The van der Waals surface area contributed by atoms with Crippen molar-refractivity contribution in [2.45, 2.75) is 13.3 Å². The largest absolute Gasteiger partial charge is 0.481 e. The minimum Gasteiger partial charge on any atom is -0.481 e. The number of carboxylic acids is 1. The Balaban J connectivity index is 1.93. The Kier molecular flexibility index (Phi) is 3.33. The Labute approximate surface area is 119 Å². The maximum Gasteiger partial charge on any atom is 0.308 e. The number of nitrogens with zero attached hydrogens (tertiary/aromatic N) is 2. The average molecular weight is 294 g/mol. The molecule has 106 valence electrons. The van der Waals surface area contributed by atoms with Gasteiger partial charge in [-0.1, -0.05) is 24.3 Å². The highest BCUT2D eigenvalue weighted by Gasteiger charge is 2.31. The molecule has 2 atom stereocenters. The first-order chi connectivity index (χ1) is 9.54. The van der Waals surface area contributed by atoms with Crippen molar-refractivity contribution in [1.29, 1.82) is 0 Å². The van der Waals surface area contributed by atoms with E-state index in [2.05, 4.69) is 4.98 Å². The number of aliphatic carboxylic acids is 1. The maximum atomic E-state index is 13.7. The van der Waals surface area contributed by atoms with E-state index in [-0.39, 0.29) is 11.7 Å². The lowest BCUT2D eigenvalue weighted by atomic mass is 9.91. The van der Waals surface area contributed by atoms with Crippen molar-refractivity contribution in [3.63, 3.8) is 0 Å². The standard InChI is InChI=1S/C14H15FN2O2S/c1-8-5-9(13(18)19)7-17(6-8)14-16-11-4-2-3-10(15)12(11)20-14/h2-4,8-9H,5-7H2,1H3,(H,18,19). The number of carbonyl (C=O) groups is 1. The molecule has 0 saturated carbocycles. The van der Waals surface area contributed by atoms with Crippen molar-refractivity contribution >= 4 is 32.7 Å². The van der Waals surface area contributed by atoms with Gasteiger partial charge < -0.3 is 10.0 Å². The fourth-order valence-electron chi connectivity index (χ4n) is 2.73. The summed E-state index contributed by atoms with van der Waals surface area (Å²) in [6, 6.07) is 4.84. The second kappa shape index (κ2) is 5.01. The molecule has 1 N–H and O–H groups in total. The van der Waals surface area contributed by atoms with Gasteiger partial charge in [0, 0.05) is 13.1 Å². The van der Waals surface area contributed by atoms with Gasteiger partial charge in [-0.15, -0.1) is 0 Å². The van der Waals surface area contributed by atoms with E-state index in [1.165, 1.54) is 17.4 Å². The number of anilines is 1. The fourth-order valence-corrected chi connectivity index (χ4v) is 3.71. The van der Waals surface area contributed by atoms with Gasteiger partial charge in [0.05, 0.1) is 16.1 Å². The third kappa shape index (κ3) is 2.35. The number of rotatable bonds is 2. The second-order valence-corrected chi connectivity index (χ2v) is 6.34. The molecule has 0 radical (unpaired) electrons. The van der Waals surface area contributed by atoms with E-state index >= 15 is 0 Å². The predicted octanol–water partition coefficient (Wildman–Crippen LogP) is 2.98. The molecule has 0 spiro atoms. The first-order valence-electron chi connectivity index (χ1n) is 6.57. The third-order valence-corrected chi connectivity index (χ3v) is 4.78. The fraction of sp³-hybridized carbons (Fsp3) is 0.429. The molecular weight excluding hydrogens is 279 g/mol. The average Bonchev–Trinajstić information content (AvgIpc) is 2.83. The zero-order chi connectivity index (χ0) is 14.3. The van der Waals surface area contributed by atoms with Gasteiger partial charge in [-0.25, -0.2) is 9.37 Å². The van der Waals surface area contributed by atoms with Crippen LogP contribution in [-0.4, -0.2) is 29.1 Å². The number of thiazole rings is 1. The van der Waals surface area contributed by atoms with Gasteiger partial charge in [0.15, 0.2) is 5.13 Å². The van der Waals surface area contributed by atoms with Crippen molar-refractivity contribution in [1.82, 2.24) is 4.98 Å². The number of benzene rings is 1. The number of fused-ring (bicyclic) bond motifs is 1. The van der Waals surface area contributed by atoms with Gasteiger partial charge in [-0.05, 0) is 24.5 Å². The lowest BCUT2D eigenvalue weighted by molar-refractivity contribution is -0.142. The van der Waals surface area contributed by atoms with Crippen LogP contribution in [0.1, 0.15) is 13.3 Å². The third-order valence-electron chi connectivity index (χ3n) is 3.64. The highest BCUT2D eigenvalue weighted by Crippen LogP contribution is 2.34. The van der Waals surface area contributed by atoms with E-state index in [9.17, 15) is 14.3 Å². The van der Waals surface area contributed by atoms with Crippen LogP contribution in [0.2, 0.25) is 0 Å². The molecule has 1 saturated heterocycles. The van der Waals surface area contributed by atoms with Crippen LogP contribution < -0.4 is 4.90 Å². The summed E-state index contributed by atoms with van der Waals surface area (Å²) in [4.78, 5) is 17.6. The minimum atomic E-state index is -0.770. The zero-order valence-corrected chi connectivity index (χ0v) is 11.9. The van der Waals surface area contributed by atoms with Crippen LogP contribution >= 0.6 is 11.3 Å². The van der Waals surface area contributed by atoms with Gasteiger partial charge in [0.2, 0.25) is 0 Å². The molecule has 1 aromatic carbocycles. The topological polar surface area (TPSA) is 53.4 Å². The minimum absolute atomic E-state index is 0.272. The molecule has 1 aliphatic rings. The lowest BCUT2D eigenvalue weighted by Gasteiger charge is -2.34. The lowest BCUT2D eigenvalue weighted by Crippen LogP contribution is -2.42. The molecule has 2 aromatic rings. The van der Waals surface area contributed by atoms with Crippen molar-refractivity contribution in [3.05, 3.63) is 24.0 Å². The molecule has 0 amide bonds. The molecular formula is C14H15FN2O2S. The number of piperidine rings is 1. The molecule has 3 rings (SSSR count). The smallest absolute Gasteiger partial charge is 0.308 e. The quantitative estimate of drug-likeness (QED) is 0.925. The molecule has 1 aliphatic heterocycles. The molecule has 1 fully saturated rings. The van der Waals surface area contributed by atoms with E-state index in [0.717, 1.165) is 6.54 Å². The number of aromatic nitrogens is 1. The number of carboxylic acid groups (broad SMARTS) is 1. The molecule has 0 bridgehead atoms. The van der Waals surface area contributed by atoms with Crippen molar-refractivity contribution < 1.29 is 14.3 Å². The Morgan fingerprint density at radius 2 is 2.30 bits per heavy atom. The molecule has 6 heteroatoms. The predicted molar refractivity (Wildman–Crippen MR) is 76.7 cm³/mol. The van der Waals surface area contributed by atoms with Gasteiger partial charge >= 0.3 is 5.97 Å². The molecule has 1 aromatic heterocycles. The van der Waals surface area contributed by atoms with Crippen LogP contribution in [0.15, 0.2) is 18.2 Å². The summed E-state index contributed by atoms with van der Waals surface area (Å²) < 4.78 is 14.2. The Hall–Kier alpha value is -1.69.